The minimum atomic E-state index is -0.498. The second-order valence-electron chi connectivity index (χ2n) is 7.12. The normalized spacial score (nSPS) is 11.8. The molecular formula is C24H26N2O3. The Morgan fingerprint density at radius 1 is 1.07 bits per heavy atom. The van der Waals surface area contributed by atoms with Crippen LogP contribution in [0.4, 0.5) is 0 Å². The van der Waals surface area contributed by atoms with Crippen molar-refractivity contribution >= 4 is 22.8 Å². The highest BCUT2D eigenvalue weighted by Crippen LogP contribution is 2.24. The van der Waals surface area contributed by atoms with Crippen LogP contribution in [-0.2, 0) is 16.0 Å². The van der Waals surface area contributed by atoms with Crippen LogP contribution in [0, 0.1) is 6.92 Å². The number of carbonyl (C=O) groups is 2. The van der Waals surface area contributed by atoms with Gasteiger partial charge < -0.3 is 10.1 Å². The van der Waals surface area contributed by atoms with Gasteiger partial charge in [0.1, 0.15) is 0 Å². The number of aromatic nitrogens is 1. The minimum absolute atomic E-state index is 0.175. The van der Waals surface area contributed by atoms with Gasteiger partial charge in [-0.1, -0.05) is 62.4 Å². The first-order valence-corrected chi connectivity index (χ1v) is 9.88. The van der Waals surface area contributed by atoms with Crippen LogP contribution in [-0.4, -0.2) is 30.0 Å². The van der Waals surface area contributed by atoms with Crippen LogP contribution < -0.4 is 5.32 Å². The van der Waals surface area contributed by atoms with Gasteiger partial charge in [0.05, 0.1) is 11.1 Å². The first kappa shape index (κ1) is 20.5. The van der Waals surface area contributed by atoms with E-state index < -0.39 is 5.97 Å². The zero-order valence-electron chi connectivity index (χ0n) is 17.1. The van der Waals surface area contributed by atoms with Crippen molar-refractivity contribution < 1.29 is 14.3 Å². The number of fused-ring (bicyclic) bond motifs is 1. The fraction of sp³-hybridized carbons (Fsp3) is 0.292. The summed E-state index contributed by atoms with van der Waals surface area (Å²) in [5.74, 6) is -0.635. The fourth-order valence-electron chi connectivity index (χ4n) is 3.39. The summed E-state index contributed by atoms with van der Waals surface area (Å²) in [5.41, 5.74) is 4.04. The van der Waals surface area contributed by atoms with E-state index in [1.165, 1.54) is 0 Å². The number of nitrogens with one attached hydrogen (secondary N) is 1. The van der Waals surface area contributed by atoms with Gasteiger partial charge in [-0.3, -0.25) is 9.78 Å². The van der Waals surface area contributed by atoms with Gasteiger partial charge in [0.25, 0.3) is 5.91 Å². The van der Waals surface area contributed by atoms with Gasteiger partial charge in [-0.15, -0.1) is 0 Å². The van der Waals surface area contributed by atoms with Gasteiger partial charge in [-0.2, -0.15) is 0 Å². The molecule has 0 aliphatic rings. The molecule has 1 amide bonds. The molecule has 0 saturated carbocycles. The smallest absolute Gasteiger partial charge is 0.339 e. The molecule has 1 N–H and O–H groups in total. The molecule has 1 aromatic heterocycles. The maximum absolute atomic E-state index is 12.8. The van der Waals surface area contributed by atoms with Crippen LogP contribution in [0.5, 0.6) is 0 Å². The molecule has 0 aliphatic carbocycles. The molecule has 0 radical (unpaired) electrons. The monoisotopic (exact) mass is 390 g/mol. The van der Waals surface area contributed by atoms with Crippen molar-refractivity contribution in [3.05, 3.63) is 77.0 Å². The second kappa shape index (κ2) is 9.32. The molecule has 29 heavy (non-hydrogen) atoms. The van der Waals surface area contributed by atoms with E-state index in [1.54, 1.807) is 0 Å². The zero-order chi connectivity index (χ0) is 20.8. The van der Waals surface area contributed by atoms with Crippen LogP contribution >= 0.6 is 0 Å². The third-order valence-electron chi connectivity index (χ3n) is 5.08. The highest BCUT2D eigenvalue weighted by atomic mass is 16.5. The number of ether oxygens (including phenoxy) is 1. The quantitative estimate of drug-likeness (QED) is 0.615. The molecule has 0 saturated heterocycles. The second-order valence-corrected chi connectivity index (χ2v) is 7.12. The summed E-state index contributed by atoms with van der Waals surface area (Å²) >= 11 is 0. The molecule has 3 aromatic rings. The van der Waals surface area contributed by atoms with Crippen molar-refractivity contribution in [3.63, 3.8) is 0 Å². The van der Waals surface area contributed by atoms with Gasteiger partial charge in [0.15, 0.2) is 6.61 Å². The number of amides is 1. The van der Waals surface area contributed by atoms with E-state index in [9.17, 15) is 9.59 Å². The molecule has 2 aromatic carbocycles. The number of hydrogen-bond acceptors (Lipinski definition) is 4. The van der Waals surface area contributed by atoms with E-state index in [4.69, 9.17) is 4.74 Å². The van der Waals surface area contributed by atoms with Crippen molar-refractivity contribution in [2.24, 2.45) is 0 Å². The SMILES string of the molecule is CCc1nc2ccccc2c(C(=O)OCC(=O)NC[C@H](C)c2ccccc2)c1C. The third-order valence-corrected chi connectivity index (χ3v) is 5.08. The van der Waals surface area contributed by atoms with Crippen LogP contribution in [0.1, 0.15) is 46.9 Å². The Hall–Kier alpha value is -3.21. The summed E-state index contributed by atoms with van der Waals surface area (Å²) in [6, 6.07) is 17.4. The summed E-state index contributed by atoms with van der Waals surface area (Å²) in [5, 5.41) is 3.57. The zero-order valence-corrected chi connectivity index (χ0v) is 17.1. The third kappa shape index (κ3) is 4.80. The minimum Gasteiger partial charge on any atom is -0.452 e. The van der Waals surface area contributed by atoms with Gasteiger partial charge in [-0.05, 0) is 36.5 Å². The average Bonchev–Trinajstić information content (AvgIpc) is 2.75. The molecule has 1 heterocycles. The van der Waals surface area contributed by atoms with Crippen molar-refractivity contribution in [2.75, 3.05) is 13.2 Å². The van der Waals surface area contributed by atoms with Gasteiger partial charge in [0.2, 0.25) is 0 Å². The number of hydrogen-bond donors (Lipinski definition) is 1. The van der Waals surface area contributed by atoms with Gasteiger partial charge >= 0.3 is 5.97 Å². The van der Waals surface area contributed by atoms with E-state index in [0.29, 0.717) is 12.1 Å². The van der Waals surface area contributed by atoms with E-state index in [-0.39, 0.29) is 18.4 Å². The standard InChI is InChI=1S/C24H26N2O3/c1-4-20-17(3)23(19-12-8-9-13-21(19)26-20)24(28)29-15-22(27)25-14-16(2)18-10-6-5-7-11-18/h5-13,16H,4,14-15H2,1-3H3,(H,25,27)/t16-/m0/s1. The maximum Gasteiger partial charge on any atom is 0.339 e. The number of rotatable bonds is 7. The lowest BCUT2D eigenvalue weighted by molar-refractivity contribution is -0.124. The van der Waals surface area contributed by atoms with Crippen LogP contribution in [0.15, 0.2) is 54.6 Å². The highest BCUT2D eigenvalue weighted by Gasteiger charge is 2.19. The van der Waals surface area contributed by atoms with Crippen molar-refractivity contribution in [3.8, 4) is 0 Å². The van der Waals surface area contributed by atoms with Crippen molar-refractivity contribution in [1.82, 2.24) is 10.3 Å². The molecule has 0 unspecified atom stereocenters. The van der Waals surface area contributed by atoms with Gasteiger partial charge in [0, 0.05) is 17.6 Å². The van der Waals surface area contributed by atoms with Gasteiger partial charge in [-0.25, -0.2) is 4.79 Å². The average molecular weight is 390 g/mol. The Balaban J connectivity index is 1.65. The summed E-state index contributed by atoms with van der Waals surface area (Å²) in [6.07, 6.45) is 0.717. The van der Waals surface area contributed by atoms with E-state index in [0.717, 1.165) is 34.1 Å². The summed E-state index contributed by atoms with van der Waals surface area (Å²) in [6.45, 7) is 6.09. The molecule has 0 spiro atoms. The molecule has 1 atom stereocenters. The fourth-order valence-corrected chi connectivity index (χ4v) is 3.39. The number of benzene rings is 2. The Labute approximate surface area is 171 Å². The molecule has 5 heteroatoms. The lowest BCUT2D eigenvalue weighted by Gasteiger charge is -2.15. The number of nitrogens with zero attached hydrogens (tertiary/aromatic N) is 1. The summed E-state index contributed by atoms with van der Waals surface area (Å²) in [7, 11) is 0. The van der Waals surface area contributed by atoms with Crippen LogP contribution in [0.2, 0.25) is 0 Å². The molecule has 0 aliphatic heterocycles. The predicted molar refractivity (Wildman–Crippen MR) is 114 cm³/mol. The summed E-state index contributed by atoms with van der Waals surface area (Å²) < 4.78 is 5.34. The molecule has 5 nitrogen and oxygen atoms in total. The Kier molecular flexibility index (Phi) is 6.60. The first-order chi connectivity index (χ1) is 14.0. The lowest BCUT2D eigenvalue weighted by Crippen LogP contribution is -2.31. The van der Waals surface area contributed by atoms with E-state index >= 15 is 0 Å². The number of para-hydroxylation sites is 1. The molecule has 3 rings (SSSR count). The van der Waals surface area contributed by atoms with Crippen LogP contribution in [0.25, 0.3) is 10.9 Å². The molecule has 0 fully saturated rings. The largest absolute Gasteiger partial charge is 0.452 e. The lowest BCUT2D eigenvalue weighted by atomic mass is 10.0. The summed E-state index contributed by atoms with van der Waals surface area (Å²) in [4.78, 5) is 29.6. The maximum atomic E-state index is 12.8. The number of carbonyl (C=O) groups excluding carboxylic acids is 2. The highest BCUT2D eigenvalue weighted by molar-refractivity contribution is 6.05. The van der Waals surface area contributed by atoms with Crippen molar-refractivity contribution in [1.29, 1.82) is 0 Å². The Morgan fingerprint density at radius 2 is 1.76 bits per heavy atom. The predicted octanol–water partition coefficient (Wildman–Crippen LogP) is 4.18. The van der Waals surface area contributed by atoms with Crippen molar-refractivity contribution in [2.45, 2.75) is 33.1 Å². The van der Waals surface area contributed by atoms with E-state index in [2.05, 4.69) is 10.3 Å². The molecule has 0 bridgehead atoms. The van der Waals surface area contributed by atoms with Crippen LogP contribution in [0.3, 0.4) is 0 Å². The topological polar surface area (TPSA) is 68.3 Å². The van der Waals surface area contributed by atoms with E-state index in [1.807, 2.05) is 75.4 Å². The Bertz CT molecular complexity index is 1020. The number of aryl methyl sites for hydroxylation is 1. The number of esters is 1. The molecule has 150 valence electrons. The first-order valence-electron chi connectivity index (χ1n) is 9.88. The number of pyridine rings is 1. The molecular weight excluding hydrogens is 364 g/mol. The Morgan fingerprint density at radius 3 is 2.48 bits per heavy atom.